The maximum Gasteiger partial charge on any atom is 0.323 e. The van der Waals surface area contributed by atoms with Gasteiger partial charge in [-0.15, -0.1) is 0 Å². The number of carbonyl (C=O) groups is 2. The highest BCUT2D eigenvalue weighted by Gasteiger charge is 2.36. The molecule has 1 heterocycles. The molecule has 0 saturated carbocycles. The standard InChI is InChI=1S/C35H40N4O7S/c1-22-18-26(16-17-31(22)45-5)47(43,44)38(4)20-32-23(2)19-39(24(3)21-40)34(41)28-13-9-15-30(33(28)46-32)37-35(42)36-29-14-8-11-25-10-6-7-12-27(25)29/h6-18,23-24,32,40H,19-21H2,1-5H3,(H2,36,37,42)/t23-,24+,32+/m1/s1. The normalized spacial score (nSPS) is 17.3. The summed E-state index contributed by atoms with van der Waals surface area (Å²) >= 11 is 0. The number of aliphatic hydroxyl groups is 1. The number of aryl methyl sites for hydroxylation is 1. The maximum atomic E-state index is 13.9. The predicted octanol–water partition coefficient (Wildman–Crippen LogP) is 5.34. The van der Waals surface area contributed by atoms with Crippen molar-refractivity contribution in [3.05, 3.63) is 90.0 Å². The summed E-state index contributed by atoms with van der Waals surface area (Å²) in [4.78, 5) is 28.9. The molecule has 5 rings (SSSR count). The fraction of sp³-hybridized carbons (Fsp3) is 0.314. The Kier molecular flexibility index (Phi) is 10.0. The van der Waals surface area contributed by atoms with Crippen LogP contribution in [0.15, 0.2) is 83.8 Å². The smallest absolute Gasteiger partial charge is 0.323 e. The number of para-hydroxylation sites is 1. The van der Waals surface area contributed by atoms with Gasteiger partial charge in [0, 0.05) is 24.9 Å². The van der Waals surface area contributed by atoms with Crippen molar-refractivity contribution in [2.75, 3.05) is 44.5 Å². The predicted molar refractivity (Wildman–Crippen MR) is 182 cm³/mol. The molecule has 4 aromatic carbocycles. The monoisotopic (exact) mass is 660 g/mol. The average molecular weight is 661 g/mol. The molecular weight excluding hydrogens is 620 g/mol. The van der Waals surface area contributed by atoms with E-state index in [1.807, 2.05) is 43.3 Å². The first-order valence-corrected chi connectivity index (χ1v) is 16.8. The largest absolute Gasteiger partial charge is 0.496 e. The third kappa shape index (κ3) is 7.04. The average Bonchev–Trinajstić information content (AvgIpc) is 3.06. The lowest BCUT2D eigenvalue weighted by Crippen LogP contribution is -2.50. The van der Waals surface area contributed by atoms with E-state index in [0.717, 1.165) is 10.8 Å². The molecular formula is C35H40N4O7S. The molecule has 0 spiro atoms. The van der Waals surface area contributed by atoms with Gasteiger partial charge in [0.15, 0.2) is 5.75 Å². The first-order valence-electron chi connectivity index (χ1n) is 15.3. The van der Waals surface area contributed by atoms with Crippen LogP contribution < -0.4 is 20.1 Å². The van der Waals surface area contributed by atoms with Crippen LogP contribution in [0.4, 0.5) is 16.2 Å². The minimum Gasteiger partial charge on any atom is -0.496 e. The van der Waals surface area contributed by atoms with Gasteiger partial charge in [-0.05, 0) is 61.2 Å². The van der Waals surface area contributed by atoms with Crippen LogP contribution in [-0.4, -0.2) is 80.7 Å². The van der Waals surface area contributed by atoms with Crippen LogP contribution in [-0.2, 0) is 10.0 Å². The Morgan fingerprint density at radius 1 is 1.06 bits per heavy atom. The van der Waals surface area contributed by atoms with E-state index in [-0.39, 0.29) is 53.4 Å². The molecule has 0 aromatic heterocycles. The number of aliphatic hydroxyl groups excluding tert-OH is 1. The van der Waals surface area contributed by atoms with Crippen molar-refractivity contribution in [3.63, 3.8) is 0 Å². The third-order valence-electron chi connectivity index (χ3n) is 8.49. The fourth-order valence-electron chi connectivity index (χ4n) is 5.71. The van der Waals surface area contributed by atoms with Gasteiger partial charge in [0.25, 0.3) is 5.91 Å². The summed E-state index contributed by atoms with van der Waals surface area (Å²) in [6.45, 7) is 5.26. The van der Waals surface area contributed by atoms with E-state index < -0.39 is 28.2 Å². The lowest BCUT2D eigenvalue weighted by molar-refractivity contribution is 0.0389. The fourth-order valence-corrected chi connectivity index (χ4v) is 6.98. The van der Waals surface area contributed by atoms with E-state index in [4.69, 9.17) is 9.47 Å². The van der Waals surface area contributed by atoms with Gasteiger partial charge in [0.2, 0.25) is 10.0 Å². The van der Waals surface area contributed by atoms with Crippen LogP contribution in [0.2, 0.25) is 0 Å². The molecule has 47 heavy (non-hydrogen) atoms. The van der Waals surface area contributed by atoms with Gasteiger partial charge in [-0.2, -0.15) is 4.31 Å². The van der Waals surface area contributed by atoms with Crippen LogP contribution in [0, 0.1) is 12.8 Å². The summed E-state index contributed by atoms with van der Waals surface area (Å²) in [5, 5.41) is 17.5. The molecule has 0 bridgehead atoms. The van der Waals surface area contributed by atoms with Crippen molar-refractivity contribution in [1.82, 2.24) is 9.21 Å². The van der Waals surface area contributed by atoms with Crippen LogP contribution in [0.1, 0.15) is 29.8 Å². The molecule has 12 heteroatoms. The number of ether oxygens (including phenoxy) is 2. The minimum absolute atomic E-state index is 0.0555. The summed E-state index contributed by atoms with van der Waals surface area (Å²) in [7, 11) is -0.936. The van der Waals surface area contributed by atoms with Crippen molar-refractivity contribution in [3.8, 4) is 11.5 Å². The number of hydrogen-bond acceptors (Lipinski definition) is 7. The SMILES string of the molecule is COc1ccc(S(=O)(=O)N(C)C[C@@H]2Oc3c(NC(=O)Nc4cccc5ccccc45)cccc3C(=O)N([C@@H](C)CO)C[C@H]2C)cc1C. The van der Waals surface area contributed by atoms with Gasteiger partial charge < -0.3 is 30.1 Å². The molecule has 0 fully saturated rings. The molecule has 3 amide bonds. The number of amides is 3. The van der Waals surface area contributed by atoms with Crippen molar-refractivity contribution in [2.45, 2.75) is 37.8 Å². The van der Waals surface area contributed by atoms with E-state index in [1.165, 1.54) is 24.5 Å². The molecule has 0 radical (unpaired) electrons. The molecule has 1 aliphatic rings. The molecule has 0 saturated heterocycles. The zero-order chi connectivity index (χ0) is 33.9. The van der Waals surface area contributed by atoms with Crippen molar-refractivity contribution >= 4 is 44.1 Å². The van der Waals surface area contributed by atoms with Gasteiger partial charge in [0.05, 0.1) is 48.1 Å². The van der Waals surface area contributed by atoms with Crippen LogP contribution in [0.3, 0.4) is 0 Å². The maximum absolute atomic E-state index is 13.9. The third-order valence-corrected chi connectivity index (χ3v) is 10.3. The molecule has 4 aromatic rings. The number of nitrogens with one attached hydrogen (secondary N) is 2. The quantitative estimate of drug-likeness (QED) is 0.220. The second-order valence-electron chi connectivity index (χ2n) is 11.8. The Morgan fingerprint density at radius 2 is 1.74 bits per heavy atom. The number of sulfonamides is 1. The lowest BCUT2D eigenvalue weighted by Gasteiger charge is -2.38. The van der Waals surface area contributed by atoms with Gasteiger partial charge in [-0.25, -0.2) is 13.2 Å². The molecule has 248 valence electrons. The molecule has 3 atom stereocenters. The zero-order valence-corrected chi connectivity index (χ0v) is 27.9. The topological polar surface area (TPSA) is 138 Å². The number of likely N-dealkylation sites (N-methyl/N-ethyl adjacent to an activating group) is 1. The lowest BCUT2D eigenvalue weighted by atomic mass is 9.99. The number of rotatable bonds is 9. The number of urea groups is 1. The van der Waals surface area contributed by atoms with Crippen LogP contribution >= 0.6 is 0 Å². The summed E-state index contributed by atoms with van der Waals surface area (Å²) in [6.07, 6.45) is -0.738. The molecule has 0 aliphatic carbocycles. The molecule has 1 aliphatic heterocycles. The number of fused-ring (bicyclic) bond motifs is 2. The molecule has 11 nitrogen and oxygen atoms in total. The zero-order valence-electron chi connectivity index (χ0n) is 27.1. The number of carbonyl (C=O) groups excluding carboxylic acids is 2. The minimum atomic E-state index is -3.94. The molecule has 0 unspecified atom stereocenters. The van der Waals surface area contributed by atoms with Crippen LogP contribution in [0.25, 0.3) is 10.8 Å². The molecule has 3 N–H and O–H groups in total. The Morgan fingerprint density at radius 3 is 2.47 bits per heavy atom. The van der Waals surface area contributed by atoms with Gasteiger partial charge >= 0.3 is 6.03 Å². The van der Waals surface area contributed by atoms with Crippen molar-refractivity contribution in [1.29, 1.82) is 0 Å². The summed E-state index contributed by atoms with van der Waals surface area (Å²) in [5.41, 5.74) is 1.70. The number of hydrogen-bond donors (Lipinski definition) is 3. The Hall–Kier alpha value is -4.65. The van der Waals surface area contributed by atoms with E-state index >= 15 is 0 Å². The number of nitrogens with zero attached hydrogens (tertiary/aromatic N) is 2. The van der Waals surface area contributed by atoms with Crippen LogP contribution in [0.5, 0.6) is 11.5 Å². The van der Waals surface area contributed by atoms with E-state index in [9.17, 15) is 23.1 Å². The highest BCUT2D eigenvalue weighted by atomic mass is 32.2. The number of anilines is 2. The summed E-state index contributed by atoms with van der Waals surface area (Å²) in [6, 6.07) is 21.7. The number of methoxy groups -OCH3 is 1. The van der Waals surface area contributed by atoms with E-state index in [0.29, 0.717) is 17.0 Å². The van der Waals surface area contributed by atoms with Crippen molar-refractivity contribution in [2.24, 2.45) is 5.92 Å². The highest BCUT2D eigenvalue weighted by Crippen LogP contribution is 2.36. The Balaban J connectivity index is 1.48. The van der Waals surface area contributed by atoms with E-state index in [1.54, 1.807) is 55.1 Å². The second kappa shape index (κ2) is 14.0. The van der Waals surface area contributed by atoms with E-state index in [2.05, 4.69) is 10.6 Å². The van der Waals surface area contributed by atoms with Crippen molar-refractivity contribution < 1.29 is 32.6 Å². The number of benzene rings is 4. The van der Waals surface area contributed by atoms with Gasteiger partial charge in [-0.3, -0.25) is 4.79 Å². The Labute approximate surface area is 275 Å². The van der Waals surface area contributed by atoms with Gasteiger partial charge in [0.1, 0.15) is 11.9 Å². The highest BCUT2D eigenvalue weighted by molar-refractivity contribution is 7.89. The summed E-state index contributed by atoms with van der Waals surface area (Å²) in [5.74, 6) is -0.0515. The Bertz CT molecular complexity index is 1890. The first-order chi connectivity index (χ1) is 22.4. The van der Waals surface area contributed by atoms with Gasteiger partial charge in [-0.1, -0.05) is 49.4 Å². The second-order valence-corrected chi connectivity index (χ2v) is 13.9. The first kappa shape index (κ1) is 33.7. The summed E-state index contributed by atoms with van der Waals surface area (Å²) < 4.78 is 40.4.